The third-order valence-electron chi connectivity index (χ3n) is 2.73. The molecule has 2 atom stereocenters. The Morgan fingerprint density at radius 2 is 1.90 bits per heavy atom. The second kappa shape index (κ2) is 7.46. The van der Waals surface area contributed by atoms with Crippen LogP contribution in [0.5, 0.6) is 0 Å². The van der Waals surface area contributed by atoms with E-state index < -0.39 is 23.9 Å². The molecule has 0 aliphatic heterocycles. The fraction of sp³-hybridized carbons (Fsp3) is 0.385. The van der Waals surface area contributed by atoms with Crippen molar-refractivity contribution in [1.29, 1.82) is 0 Å². The van der Waals surface area contributed by atoms with Crippen LogP contribution in [0.25, 0.3) is 0 Å². The zero-order valence-corrected chi connectivity index (χ0v) is 11.5. The van der Waals surface area contributed by atoms with Crippen molar-refractivity contribution in [3.63, 3.8) is 0 Å². The van der Waals surface area contributed by atoms with E-state index >= 15 is 0 Å². The van der Waals surface area contributed by atoms with Gasteiger partial charge in [-0.15, -0.1) is 0 Å². The first-order chi connectivity index (χ1) is 9.49. The second-order valence-electron chi connectivity index (χ2n) is 4.39. The number of benzene rings is 1. The van der Waals surface area contributed by atoms with Crippen molar-refractivity contribution in [2.75, 3.05) is 11.9 Å². The molecule has 0 unspecified atom stereocenters. The van der Waals surface area contributed by atoms with Gasteiger partial charge in [-0.1, -0.05) is 0 Å². The van der Waals surface area contributed by atoms with E-state index in [0.29, 0.717) is 5.56 Å². The lowest BCUT2D eigenvalue weighted by Gasteiger charge is -2.20. The van der Waals surface area contributed by atoms with Crippen LogP contribution >= 0.6 is 0 Å². The SMILES string of the molecule is CCNc1ccc(C(=O)N[C@H](C(=O)NO)[C@@H](C)N)cc1. The smallest absolute Gasteiger partial charge is 0.267 e. The molecule has 0 aromatic heterocycles. The number of amides is 2. The van der Waals surface area contributed by atoms with Crippen molar-refractivity contribution in [3.05, 3.63) is 29.8 Å². The summed E-state index contributed by atoms with van der Waals surface area (Å²) >= 11 is 0. The van der Waals surface area contributed by atoms with Gasteiger partial charge >= 0.3 is 0 Å². The molecule has 0 spiro atoms. The highest BCUT2D eigenvalue weighted by Gasteiger charge is 2.24. The molecule has 7 heteroatoms. The molecule has 0 heterocycles. The number of nitrogens with two attached hydrogens (primary N) is 1. The Balaban J connectivity index is 2.76. The van der Waals surface area contributed by atoms with Crippen LogP contribution in [0.1, 0.15) is 24.2 Å². The molecule has 20 heavy (non-hydrogen) atoms. The lowest BCUT2D eigenvalue weighted by atomic mass is 10.1. The van der Waals surface area contributed by atoms with Crippen molar-refractivity contribution in [3.8, 4) is 0 Å². The average molecular weight is 280 g/mol. The minimum Gasteiger partial charge on any atom is -0.385 e. The second-order valence-corrected chi connectivity index (χ2v) is 4.39. The third kappa shape index (κ3) is 4.22. The zero-order valence-electron chi connectivity index (χ0n) is 11.5. The number of hydrogen-bond donors (Lipinski definition) is 5. The zero-order chi connectivity index (χ0) is 15.1. The van der Waals surface area contributed by atoms with E-state index in [-0.39, 0.29) is 0 Å². The van der Waals surface area contributed by atoms with Crippen molar-refractivity contribution in [2.24, 2.45) is 5.73 Å². The average Bonchev–Trinajstić information content (AvgIpc) is 2.44. The summed E-state index contributed by atoms with van der Waals surface area (Å²) in [5, 5.41) is 14.2. The maximum Gasteiger partial charge on any atom is 0.267 e. The van der Waals surface area contributed by atoms with Gasteiger partial charge in [0.25, 0.3) is 11.8 Å². The van der Waals surface area contributed by atoms with Gasteiger partial charge in [0, 0.05) is 23.8 Å². The van der Waals surface area contributed by atoms with Gasteiger partial charge in [-0.3, -0.25) is 14.8 Å². The highest BCUT2D eigenvalue weighted by Crippen LogP contribution is 2.09. The van der Waals surface area contributed by atoms with Gasteiger partial charge in [0.05, 0.1) is 0 Å². The fourth-order valence-electron chi connectivity index (χ4n) is 1.67. The van der Waals surface area contributed by atoms with E-state index in [2.05, 4.69) is 10.6 Å². The van der Waals surface area contributed by atoms with Crippen LogP contribution in [-0.4, -0.2) is 35.7 Å². The van der Waals surface area contributed by atoms with E-state index in [9.17, 15) is 9.59 Å². The number of hydroxylamine groups is 1. The lowest BCUT2D eigenvalue weighted by Crippen LogP contribution is -2.54. The number of anilines is 1. The molecule has 110 valence electrons. The van der Waals surface area contributed by atoms with E-state index in [4.69, 9.17) is 10.9 Å². The summed E-state index contributed by atoms with van der Waals surface area (Å²) in [7, 11) is 0. The van der Waals surface area contributed by atoms with E-state index in [1.165, 1.54) is 5.48 Å². The standard InChI is InChI=1S/C13H20N4O3/c1-3-15-10-6-4-9(5-7-10)12(18)16-11(8(2)14)13(19)17-20/h4-8,11,15,20H,3,14H2,1-2H3,(H,16,18)(H,17,19)/t8-,11+/m1/s1. The monoisotopic (exact) mass is 280 g/mol. The van der Waals surface area contributed by atoms with Gasteiger partial charge in [0.1, 0.15) is 6.04 Å². The number of carbonyl (C=O) groups is 2. The first-order valence-corrected chi connectivity index (χ1v) is 6.34. The number of hydrogen-bond acceptors (Lipinski definition) is 5. The van der Waals surface area contributed by atoms with Crippen LogP contribution in [-0.2, 0) is 4.79 Å². The molecule has 0 saturated carbocycles. The van der Waals surface area contributed by atoms with Crippen LogP contribution in [0.4, 0.5) is 5.69 Å². The predicted molar refractivity (Wildman–Crippen MR) is 75.4 cm³/mol. The molecular weight excluding hydrogens is 260 g/mol. The van der Waals surface area contributed by atoms with Crippen LogP contribution in [0.3, 0.4) is 0 Å². The molecular formula is C13H20N4O3. The molecule has 0 saturated heterocycles. The highest BCUT2D eigenvalue weighted by molar-refractivity contribution is 5.97. The van der Waals surface area contributed by atoms with Crippen molar-refractivity contribution in [1.82, 2.24) is 10.8 Å². The fourth-order valence-corrected chi connectivity index (χ4v) is 1.67. The van der Waals surface area contributed by atoms with E-state index in [0.717, 1.165) is 12.2 Å². The number of nitrogens with one attached hydrogen (secondary N) is 3. The molecule has 0 radical (unpaired) electrons. The Labute approximate surface area is 117 Å². The van der Waals surface area contributed by atoms with E-state index in [1.54, 1.807) is 31.2 Å². The van der Waals surface area contributed by atoms with Gasteiger partial charge < -0.3 is 16.4 Å². The molecule has 0 aliphatic rings. The molecule has 1 rings (SSSR count). The summed E-state index contributed by atoms with van der Waals surface area (Å²) in [4.78, 5) is 23.4. The first kappa shape index (κ1) is 15.9. The van der Waals surface area contributed by atoms with Gasteiger partial charge in [0.15, 0.2) is 0 Å². The lowest BCUT2D eigenvalue weighted by molar-refractivity contribution is -0.131. The predicted octanol–water partition coefficient (Wildman–Crippen LogP) is 0.0694. The van der Waals surface area contributed by atoms with Crippen molar-refractivity contribution in [2.45, 2.75) is 25.9 Å². The normalized spacial score (nSPS) is 13.2. The molecule has 6 N–H and O–H groups in total. The molecule has 0 bridgehead atoms. The van der Waals surface area contributed by atoms with Gasteiger partial charge in [-0.2, -0.15) is 0 Å². The maximum atomic E-state index is 12.0. The minimum absolute atomic E-state index is 0.406. The molecule has 1 aromatic rings. The summed E-state index contributed by atoms with van der Waals surface area (Å²) in [5.74, 6) is -1.18. The van der Waals surface area contributed by atoms with Gasteiger partial charge in [0.2, 0.25) is 0 Å². The van der Waals surface area contributed by atoms with E-state index in [1.807, 2.05) is 6.92 Å². The first-order valence-electron chi connectivity index (χ1n) is 6.34. The topological polar surface area (TPSA) is 116 Å². The van der Waals surface area contributed by atoms with Crippen LogP contribution in [0.2, 0.25) is 0 Å². The van der Waals surface area contributed by atoms with Gasteiger partial charge in [-0.05, 0) is 38.1 Å². The molecule has 2 amide bonds. The van der Waals surface area contributed by atoms with Crippen LogP contribution in [0, 0.1) is 0 Å². The largest absolute Gasteiger partial charge is 0.385 e. The molecule has 7 nitrogen and oxygen atoms in total. The summed E-state index contributed by atoms with van der Waals surface area (Å²) in [5.41, 5.74) is 8.40. The Morgan fingerprint density at radius 1 is 1.30 bits per heavy atom. The Morgan fingerprint density at radius 3 is 2.35 bits per heavy atom. The van der Waals surface area contributed by atoms with Crippen molar-refractivity contribution >= 4 is 17.5 Å². The Bertz CT molecular complexity index is 459. The Hall–Kier alpha value is -2.12. The van der Waals surface area contributed by atoms with Gasteiger partial charge in [-0.25, -0.2) is 5.48 Å². The Kier molecular flexibility index (Phi) is 5.95. The number of carbonyl (C=O) groups excluding carboxylic acids is 2. The maximum absolute atomic E-state index is 12.0. The summed E-state index contributed by atoms with van der Waals surface area (Å²) in [6, 6.07) is 5.19. The molecule has 0 aliphatic carbocycles. The summed E-state index contributed by atoms with van der Waals surface area (Å²) < 4.78 is 0. The highest BCUT2D eigenvalue weighted by atomic mass is 16.5. The van der Waals surface area contributed by atoms with Crippen LogP contribution < -0.4 is 21.8 Å². The quantitative estimate of drug-likeness (QED) is 0.373. The summed E-state index contributed by atoms with van der Waals surface area (Å²) in [6.45, 7) is 4.32. The number of rotatable bonds is 6. The third-order valence-corrected chi connectivity index (χ3v) is 2.73. The molecule has 0 fully saturated rings. The van der Waals surface area contributed by atoms with Crippen molar-refractivity contribution < 1.29 is 14.8 Å². The minimum atomic E-state index is -0.999. The molecule has 1 aromatic carbocycles. The van der Waals surface area contributed by atoms with Crippen LogP contribution in [0.15, 0.2) is 24.3 Å². The summed E-state index contributed by atoms with van der Waals surface area (Å²) in [6.07, 6.45) is 0.